The zero-order valence-corrected chi connectivity index (χ0v) is 16.9. The van der Waals surface area contributed by atoms with Crippen LogP contribution in [0.1, 0.15) is 98.3 Å². The maximum Gasteiger partial charge on any atom is 0.338 e. The Morgan fingerprint density at radius 2 is 0.955 bits per heavy atom. The van der Waals surface area contributed by atoms with Crippen molar-refractivity contribution in [2.45, 2.75) is 110 Å². The highest BCUT2D eigenvalue weighted by molar-refractivity contribution is 6.67. The molecule has 0 atom stereocenters. The Bertz CT molecular complexity index is 204. The van der Waals surface area contributed by atoms with Crippen molar-refractivity contribution >= 4 is 8.56 Å². The van der Waals surface area contributed by atoms with E-state index in [4.69, 9.17) is 8.85 Å². The van der Waals surface area contributed by atoms with Crippen LogP contribution in [0.5, 0.6) is 0 Å². The van der Waals surface area contributed by atoms with E-state index in [0.717, 1.165) is 19.3 Å². The molecule has 3 heteroatoms. The summed E-state index contributed by atoms with van der Waals surface area (Å²) in [5.41, 5.74) is 0. The van der Waals surface area contributed by atoms with Gasteiger partial charge in [-0.1, -0.05) is 84.5 Å². The Morgan fingerprint density at radius 1 is 0.500 bits per heavy atom. The maximum absolute atomic E-state index is 6.11. The fraction of sp³-hybridized carbons (Fsp3) is 1.00. The van der Waals surface area contributed by atoms with Gasteiger partial charge in [0.2, 0.25) is 0 Å². The lowest BCUT2D eigenvalue weighted by atomic mass is 10.1. The average Bonchev–Trinajstić information content (AvgIpc) is 2.50. The van der Waals surface area contributed by atoms with Gasteiger partial charge in [0.25, 0.3) is 0 Å². The molecule has 0 rings (SSSR count). The molecular formula is C19H42O2Si. The van der Waals surface area contributed by atoms with Crippen molar-refractivity contribution in [3.8, 4) is 0 Å². The molecule has 0 aromatic rings. The molecule has 0 unspecified atom stereocenters. The Hall–Kier alpha value is 0.137. The zero-order chi connectivity index (χ0) is 16.5. The lowest BCUT2D eigenvalue weighted by molar-refractivity contribution is 0.181. The minimum atomic E-state index is -1.89. The minimum absolute atomic E-state index is 0.810. The summed E-state index contributed by atoms with van der Waals surface area (Å²) < 4.78 is 12.2. The Morgan fingerprint density at radius 3 is 1.36 bits per heavy atom. The van der Waals surface area contributed by atoms with Gasteiger partial charge in [-0.3, -0.25) is 0 Å². The van der Waals surface area contributed by atoms with Crippen LogP contribution >= 0.6 is 0 Å². The van der Waals surface area contributed by atoms with E-state index < -0.39 is 8.56 Å². The van der Waals surface area contributed by atoms with Gasteiger partial charge in [-0.05, 0) is 25.9 Å². The van der Waals surface area contributed by atoms with E-state index in [1.54, 1.807) is 0 Å². The summed E-state index contributed by atoms with van der Waals surface area (Å²) in [6.07, 6.45) is 15.1. The molecule has 0 fully saturated rings. The summed E-state index contributed by atoms with van der Waals surface area (Å²) in [4.78, 5) is 0. The average molecular weight is 331 g/mol. The van der Waals surface area contributed by atoms with Crippen molar-refractivity contribution in [3.05, 3.63) is 0 Å². The first-order valence-corrected chi connectivity index (χ1v) is 12.3. The van der Waals surface area contributed by atoms with E-state index in [2.05, 4.69) is 27.7 Å². The Kier molecular flexibility index (Phi) is 16.1. The number of hydrogen-bond donors (Lipinski definition) is 0. The van der Waals surface area contributed by atoms with Crippen molar-refractivity contribution in [2.24, 2.45) is 0 Å². The van der Waals surface area contributed by atoms with Gasteiger partial charge in [-0.25, -0.2) is 0 Å². The van der Waals surface area contributed by atoms with Crippen LogP contribution in [-0.2, 0) is 8.85 Å². The van der Waals surface area contributed by atoms with Crippen LogP contribution in [0.2, 0.25) is 12.1 Å². The molecule has 0 heterocycles. The molecule has 0 aliphatic carbocycles. The number of unbranched alkanes of at least 4 members (excludes halogenated alkanes) is 9. The minimum Gasteiger partial charge on any atom is -0.394 e. The van der Waals surface area contributed by atoms with Crippen molar-refractivity contribution < 1.29 is 8.85 Å². The summed E-state index contributed by atoms with van der Waals surface area (Å²) in [6.45, 7) is 10.4. The lowest BCUT2D eigenvalue weighted by Gasteiger charge is -2.29. The fourth-order valence-corrected chi connectivity index (χ4v) is 6.76. The SMILES string of the molecule is CCCCCCCCCCCC[Si](CCC)(OCC)OCC. The molecule has 2 nitrogen and oxygen atoms in total. The highest BCUT2D eigenvalue weighted by Crippen LogP contribution is 2.24. The van der Waals surface area contributed by atoms with Gasteiger partial charge in [0.05, 0.1) is 0 Å². The molecule has 0 saturated carbocycles. The van der Waals surface area contributed by atoms with Crippen LogP contribution in [0.25, 0.3) is 0 Å². The van der Waals surface area contributed by atoms with Gasteiger partial charge in [-0.2, -0.15) is 0 Å². The molecule has 0 bridgehead atoms. The van der Waals surface area contributed by atoms with Gasteiger partial charge in [0.15, 0.2) is 0 Å². The van der Waals surface area contributed by atoms with Crippen molar-refractivity contribution in [1.82, 2.24) is 0 Å². The van der Waals surface area contributed by atoms with Gasteiger partial charge < -0.3 is 8.85 Å². The predicted octanol–water partition coefficient (Wildman–Crippen LogP) is 6.83. The standard InChI is InChI=1S/C19H42O2Si/c1-5-9-10-11-12-13-14-15-16-17-19-22(18-6-2,20-7-3)21-8-4/h5-19H2,1-4H3. The topological polar surface area (TPSA) is 18.5 Å². The van der Waals surface area contributed by atoms with E-state index in [1.165, 1.54) is 76.7 Å². The normalized spacial score (nSPS) is 12.0. The third-order valence-electron chi connectivity index (χ3n) is 4.36. The summed E-state index contributed by atoms with van der Waals surface area (Å²) in [5.74, 6) is 0. The predicted molar refractivity (Wildman–Crippen MR) is 101 cm³/mol. The van der Waals surface area contributed by atoms with E-state index in [9.17, 15) is 0 Å². The number of hydrogen-bond acceptors (Lipinski definition) is 2. The molecule has 0 aliphatic rings. The van der Waals surface area contributed by atoms with E-state index in [1.807, 2.05) is 0 Å². The van der Waals surface area contributed by atoms with Crippen molar-refractivity contribution in [3.63, 3.8) is 0 Å². The first kappa shape index (κ1) is 22.1. The third-order valence-corrected chi connectivity index (χ3v) is 8.36. The first-order valence-electron chi connectivity index (χ1n) is 10.0. The highest BCUT2D eigenvalue weighted by Gasteiger charge is 2.35. The molecular weight excluding hydrogens is 288 g/mol. The summed E-state index contributed by atoms with van der Waals surface area (Å²) >= 11 is 0. The van der Waals surface area contributed by atoms with Gasteiger partial charge >= 0.3 is 8.56 Å². The second-order valence-corrected chi connectivity index (χ2v) is 9.86. The van der Waals surface area contributed by atoms with Gasteiger partial charge in [-0.15, -0.1) is 0 Å². The van der Waals surface area contributed by atoms with Crippen LogP contribution in [0.3, 0.4) is 0 Å². The largest absolute Gasteiger partial charge is 0.394 e. The molecule has 0 aliphatic heterocycles. The summed E-state index contributed by atoms with van der Waals surface area (Å²) in [7, 11) is -1.89. The van der Waals surface area contributed by atoms with E-state index in [-0.39, 0.29) is 0 Å². The molecule has 134 valence electrons. The quantitative estimate of drug-likeness (QED) is 0.215. The Labute approximate surface area is 141 Å². The number of rotatable bonds is 17. The van der Waals surface area contributed by atoms with Crippen LogP contribution in [-0.4, -0.2) is 21.8 Å². The zero-order valence-electron chi connectivity index (χ0n) is 15.9. The fourth-order valence-electron chi connectivity index (χ4n) is 3.24. The Balaban J connectivity index is 3.70. The van der Waals surface area contributed by atoms with Crippen molar-refractivity contribution in [1.29, 1.82) is 0 Å². The van der Waals surface area contributed by atoms with Crippen LogP contribution in [0.4, 0.5) is 0 Å². The van der Waals surface area contributed by atoms with Crippen LogP contribution in [0, 0.1) is 0 Å². The van der Waals surface area contributed by atoms with Gasteiger partial charge in [0.1, 0.15) is 0 Å². The maximum atomic E-state index is 6.11. The van der Waals surface area contributed by atoms with E-state index >= 15 is 0 Å². The molecule has 0 saturated heterocycles. The van der Waals surface area contributed by atoms with Gasteiger partial charge in [0, 0.05) is 13.2 Å². The second-order valence-electron chi connectivity index (χ2n) is 6.46. The first-order chi connectivity index (χ1) is 10.7. The van der Waals surface area contributed by atoms with E-state index in [0.29, 0.717) is 0 Å². The summed E-state index contributed by atoms with van der Waals surface area (Å²) in [5, 5.41) is 0. The molecule has 0 spiro atoms. The summed E-state index contributed by atoms with van der Waals surface area (Å²) in [6, 6.07) is 2.35. The van der Waals surface area contributed by atoms with Crippen molar-refractivity contribution in [2.75, 3.05) is 13.2 Å². The van der Waals surface area contributed by atoms with Crippen LogP contribution < -0.4 is 0 Å². The molecule has 0 N–H and O–H groups in total. The molecule has 0 amide bonds. The molecule has 0 aromatic carbocycles. The second kappa shape index (κ2) is 16.0. The molecule has 0 radical (unpaired) electrons. The molecule has 0 aromatic heterocycles. The monoisotopic (exact) mass is 330 g/mol. The third kappa shape index (κ3) is 11.7. The highest BCUT2D eigenvalue weighted by atomic mass is 28.4. The lowest BCUT2D eigenvalue weighted by Crippen LogP contribution is -2.42. The molecule has 22 heavy (non-hydrogen) atoms. The smallest absolute Gasteiger partial charge is 0.338 e. The van der Waals surface area contributed by atoms with Crippen LogP contribution in [0.15, 0.2) is 0 Å².